The van der Waals surface area contributed by atoms with Gasteiger partial charge < -0.3 is 26.4 Å². The van der Waals surface area contributed by atoms with Gasteiger partial charge in [0, 0.05) is 6.21 Å². The Morgan fingerprint density at radius 1 is 1.30 bits per heavy atom. The van der Waals surface area contributed by atoms with Crippen LogP contribution in [0.3, 0.4) is 0 Å². The second kappa shape index (κ2) is 6.54. The number of anilines is 1. The summed E-state index contributed by atoms with van der Waals surface area (Å²) < 4.78 is 7.27. The van der Waals surface area contributed by atoms with Crippen LogP contribution in [0.5, 0.6) is 0 Å². The number of fused-ring (bicyclic) bond motifs is 1. The number of aliphatic imine (C=N–C) groups is 1. The Morgan fingerprint density at radius 2 is 2.13 bits per heavy atom. The summed E-state index contributed by atoms with van der Waals surface area (Å²) in [4.78, 5) is 16.3. The molecule has 124 valence electrons. The minimum Gasteiger partial charge on any atom is -0.387 e. The van der Waals surface area contributed by atoms with Gasteiger partial charge in [-0.15, -0.1) is 0 Å². The highest BCUT2D eigenvalue weighted by atomic mass is 16.6. The molecular formula is C13H19N7O3. The van der Waals surface area contributed by atoms with E-state index < -0.39 is 24.5 Å². The van der Waals surface area contributed by atoms with Crippen LogP contribution in [-0.4, -0.2) is 67.3 Å². The van der Waals surface area contributed by atoms with Crippen LogP contribution in [0.1, 0.15) is 12.6 Å². The standard InChI is InChI=1S/C13H19N7O3/c14-2-1-3-16-4-7-9(21)10(22)13(23-7)20-6-19-8-11(15)17-5-18-12(8)20/h3,5-7,9-10,13,21-22H,1-2,4,14H2,(H2,15,17,18)/t7-,9-,10-,13?/m0/s1. The summed E-state index contributed by atoms with van der Waals surface area (Å²) in [7, 11) is 0. The first kappa shape index (κ1) is 15.7. The maximum Gasteiger partial charge on any atom is 0.167 e. The van der Waals surface area contributed by atoms with E-state index in [0.717, 1.165) is 0 Å². The molecule has 1 fully saturated rings. The molecule has 3 rings (SSSR count). The van der Waals surface area contributed by atoms with Gasteiger partial charge in [0.1, 0.15) is 30.2 Å². The quantitative estimate of drug-likeness (QED) is 0.482. The van der Waals surface area contributed by atoms with Crippen molar-refractivity contribution in [1.82, 2.24) is 19.5 Å². The predicted molar refractivity (Wildman–Crippen MR) is 82.7 cm³/mol. The molecule has 10 heteroatoms. The van der Waals surface area contributed by atoms with E-state index in [0.29, 0.717) is 24.1 Å². The summed E-state index contributed by atoms with van der Waals surface area (Å²) in [5.41, 5.74) is 12.0. The van der Waals surface area contributed by atoms with Gasteiger partial charge in [0.2, 0.25) is 0 Å². The third-order valence-corrected chi connectivity index (χ3v) is 3.71. The second-order valence-corrected chi connectivity index (χ2v) is 5.25. The molecule has 0 aromatic carbocycles. The fourth-order valence-electron chi connectivity index (χ4n) is 2.51. The molecule has 0 saturated carbocycles. The van der Waals surface area contributed by atoms with Crippen LogP contribution in [0.15, 0.2) is 17.6 Å². The first-order valence-electron chi connectivity index (χ1n) is 7.26. The lowest BCUT2D eigenvalue weighted by atomic mass is 10.1. The van der Waals surface area contributed by atoms with E-state index >= 15 is 0 Å². The van der Waals surface area contributed by atoms with Crippen molar-refractivity contribution >= 4 is 23.2 Å². The van der Waals surface area contributed by atoms with Crippen LogP contribution >= 0.6 is 0 Å². The SMILES string of the molecule is NCCC=NC[C@@H]1OC(n2cnc3c(N)ncnc32)[C@@H](O)[C@H]1O. The zero-order valence-electron chi connectivity index (χ0n) is 12.4. The Bertz CT molecular complexity index is 704. The number of rotatable bonds is 5. The number of aliphatic hydroxyl groups excluding tert-OH is 2. The van der Waals surface area contributed by atoms with E-state index in [1.54, 1.807) is 6.21 Å². The molecule has 1 aliphatic heterocycles. The molecule has 0 aliphatic carbocycles. The number of ether oxygens (including phenoxy) is 1. The van der Waals surface area contributed by atoms with Gasteiger partial charge in [-0.1, -0.05) is 0 Å². The van der Waals surface area contributed by atoms with Gasteiger partial charge in [-0.25, -0.2) is 15.0 Å². The lowest BCUT2D eigenvalue weighted by molar-refractivity contribution is -0.0320. The van der Waals surface area contributed by atoms with Crippen LogP contribution in [0.2, 0.25) is 0 Å². The molecule has 1 unspecified atom stereocenters. The van der Waals surface area contributed by atoms with Crippen LogP contribution in [0.25, 0.3) is 11.2 Å². The van der Waals surface area contributed by atoms with E-state index in [1.165, 1.54) is 17.2 Å². The number of imidazole rings is 1. The largest absolute Gasteiger partial charge is 0.387 e. The smallest absolute Gasteiger partial charge is 0.167 e. The van der Waals surface area contributed by atoms with Crippen molar-refractivity contribution in [3.63, 3.8) is 0 Å². The molecule has 0 amide bonds. The lowest BCUT2D eigenvalue weighted by Gasteiger charge is -2.16. The molecule has 4 atom stereocenters. The molecule has 0 bridgehead atoms. The van der Waals surface area contributed by atoms with Crippen LogP contribution in [0.4, 0.5) is 5.82 Å². The molecule has 2 aromatic rings. The van der Waals surface area contributed by atoms with E-state index in [9.17, 15) is 10.2 Å². The van der Waals surface area contributed by atoms with Crippen LogP contribution < -0.4 is 11.5 Å². The number of aliphatic hydroxyl groups is 2. The molecule has 10 nitrogen and oxygen atoms in total. The summed E-state index contributed by atoms with van der Waals surface area (Å²) in [6, 6.07) is 0. The van der Waals surface area contributed by atoms with E-state index in [1.807, 2.05) is 0 Å². The van der Waals surface area contributed by atoms with Crippen LogP contribution in [0, 0.1) is 0 Å². The lowest BCUT2D eigenvalue weighted by Crippen LogP contribution is -2.32. The predicted octanol–water partition coefficient (Wildman–Crippen LogP) is -1.55. The monoisotopic (exact) mass is 321 g/mol. The minimum atomic E-state index is -1.13. The maximum atomic E-state index is 10.3. The maximum absolute atomic E-state index is 10.3. The Kier molecular flexibility index (Phi) is 4.48. The highest BCUT2D eigenvalue weighted by molar-refractivity contribution is 5.81. The summed E-state index contributed by atoms with van der Waals surface area (Å²) in [6.07, 6.45) is 1.45. The molecule has 3 heterocycles. The van der Waals surface area contributed by atoms with E-state index in [4.69, 9.17) is 16.2 Å². The van der Waals surface area contributed by atoms with Crippen molar-refractivity contribution in [3.8, 4) is 0 Å². The van der Waals surface area contributed by atoms with Gasteiger partial charge in [-0.3, -0.25) is 9.56 Å². The normalized spacial score (nSPS) is 28.1. The average molecular weight is 321 g/mol. The summed E-state index contributed by atoms with van der Waals surface area (Å²) in [6.45, 7) is 0.740. The van der Waals surface area contributed by atoms with Crippen molar-refractivity contribution in [2.24, 2.45) is 10.7 Å². The molecule has 1 aliphatic rings. The Labute approximate surface area is 131 Å². The first-order chi connectivity index (χ1) is 11.1. The number of aromatic nitrogens is 4. The van der Waals surface area contributed by atoms with E-state index in [2.05, 4.69) is 19.9 Å². The zero-order valence-corrected chi connectivity index (χ0v) is 12.4. The Morgan fingerprint density at radius 3 is 2.91 bits per heavy atom. The van der Waals surface area contributed by atoms with Crippen molar-refractivity contribution in [3.05, 3.63) is 12.7 Å². The highest BCUT2D eigenvalue weighted by Crippen LogP contribution is 2.31. The fraction of sp³-hybridized carbons (Fsp3) is 0.538. The second-order valence-electron chi connectivity index (χ2n) is 5.25. The number of nitrogen functional groups attached to an aromatic ring is 1. The molecule has 6 N–H and O–H groups in total. The summed E-state index contributed by atoms with van der Waals surface area (Å²) >= 11 is 0. The molecule has 23 heavy (non-hydrogen) atoms. The number of hydrogen-bond donors (Lipinski definition) is 4. The third kappa shape index (κ3) is 2.88. The summed E-state index contributed by atoms with van der Waals surface area (Å²) in [5, 5.41) is 20.4. The van der Waals surface area contributed by atoms with Crippen molar-refractivity contribution < 1.29 is 14.9 Å². The molecule has 2 aromatic heterocycles. The summed E-state index contributed by atoms with van der Waals surface area (Å²) in [5.74, 6) is 0.240. The fourth-order valence-corrected chi connectivity index (χ4v) is 2.51. The van der Waals surface area contributed by atoms with Crippen molar-refractivity contribution in [2.45, 2.75) is 31.0 Å². The first-order valence-corrected chi connectivity index (χ1v) is 7.26. The molecule has 0 radical (unpaired) electrons. The van der Waals surface area contributed by atoms with E-state index in [-0.39, 0.29) is 12.4 Å². The zero-order chi connectivity index (χ0) is 16.4. The molecule has 1 saturated heterocycles. The Balaban J connectivity index is 1.81. The van der Waals surface area contributed by atoms with Gasteiger partial charge in [0.05, 0.1) is 12.9 Å². The minimum absolute atomic E-state index is 0.235. The average Bonchev–Trinajstić information content (AvgIpc) is 3.09. The number of hydrogen-bond acceptors (Lipinski definition) is 9. The van der Waals surface area contributed by atoms with Gasteiger partial charge in [-0.2, -0.15) is 0 Å². The van der Waals surface area contributed by atoms with Gasteiger partial charge in [0.15, 0.2) is 17.7 Å². The van der Waals surface area contributed by atoms with Gasteiger partial charge in [0.25, 0.3) is 0 Å². The topological polar surface area (TPSA) is 158 Å². The number of nitrogens with two attached hydrogens (primary N) is 2. The molecular weight excluding hydrogens is 302 g/mol. The van der Waals surface area contributed by atoms with Crippen LogP contribution in [-0.2, 0) is 4.74 Å². The van der Waals surface area contributed by atoms with Gasteiger partial charge in [-0.05, 0) is 13.0 Å². The molecule has 0 spiro atoms. The third-order valence-electron chi connectivity index (χ3n) is 3.71. The van der Waals surface area contributed by atoms with Crippen molar-refractivity contribution in [2.75, 3.05) is 18.8 Å². The number of nitrogens with zero attached hydrogens (tertiary/aromatic N) is 5. The highest BCUT2D eigenvalue weighted by Gasteiger charge is 2.44. The Hall–Kier alpha value is -2.14. The van der Waals surface area contributed by atoms with Gasteiger partial charge >= 0.3 is 0 Å². The van der Waals surface area contributed by atoms with Crippen molar-refractivity contribution in [1.29, 1.82) is 0 Å².